The van der Waals surface area contributed by atoms with Gasteiger partial charge in [0.25, 0.3) is 0 Å². The first-order chi connectivity index (χ1) is 14.7. The number of carbonyl (C=O) groups is 1. The van der Waals surface area contributed by atoms with Crippen LogP contribution in [0.25, 0.3) is 10.9 Å². The minimum absolute atomic E-state index is 0.0357. The Hall–Kier alpha value is -3.80. The number of carbonyl (C=O) groups excluding carboxylic acids is 1. The average Bonchev–Trinajstić information content (AvgIpc) is 3.51. The minimum Gasteiger partial charge on any atom is -0.464 e. The monoisotopic (exact) mass is 397 g/mol. The number of aromatic nitrogens is 1. The summed E-state index contributed by atoms with van der Waals surface area (Å²) in [6, 6.07) is 19.8. The third kappa shape index (κ3) is 2.43. The smallest absolute Gasteiger partial charge is 0.227 e. The maximum Gasteiger partial charge on any atom is 0.227 e. The van der Waals surface area contributed by atoms with Crippen LogP contribution >= 0.6 is 0 Å². The van der Waals surface area contributed by atoms with Gasteiger partial charge < -0.3 is 9.15 Å². The van der Waals surface area contributed by atoms with E-state index in [9.17, 15) is 4.79 Å². The Bertz CT molecular complexity index is 1300. The number of benzene rings is 2. The fraction of sp³-hybridized carbons (Fsp3) is 0.167. The van der Waals surface area contributed by atoms with E-state index in [0.717, 1.165) is 45.7 Å². The summed E-state index contributed by atoms with van der Waals surface area (Å²) in [6.07, 6.45) is 3.83. The molecule has 0 saturated heterocycles. The molecule has 4 heterocycles. The Morgan fingerprint density at radius 2 is 1.87 bits per heavy atom. The summed E-state index contributed by atoms with van der Waals surface area (Å²) in [5, 5.41) is 7.90. The molecule has 0 radical (unpaired) electrons. The van der Waals surface area contributed by atoms with Gasteiger partial charge in [0, 0.05) is 36.1 Å². The van der Waals surface area contributed by atoms with E-state index in [2.05, 4.69) is 6.07 Å². The van der Waals surface area contributed by atoms with E-state index in [1.807, 2.05) is 65.8 Å². The van der Waals surface area contributed by atoms with Crippen molar-refractivity contribution in [3.63, 3.8) is 0 Å². The molecule has 0 aliphatic carbocycles. The minimum atomic E-state index is -0.442. The predicted octanol–water partition coefficient (Wildman–Crippen LogP) is 5.14. The number of ether oxygens (including phenoxy) is 1. The van der Waals surface area contributed by atoms with E-state index >= 15 is 0 Å². The molecule has 6 rings (SSSR count). The van der Waals surface area contributed by atoms with E-state index in [1.165, 1.54) is 0 Å². The second kappa shape index (κ2) is 6.35. The molecule has 0 bridgehead atoms. The SMILES string of the molecule is CC(=O)n1cc(C2Oc3ccccc3C3CC(c4ccco4)=NN32)c2ccccc21. The van der Waals surface area contributed by atoms with Gasteiger partial charge in [-0.15, -0.1) is 0 Å². The molecule has 4 aromatic rings. The summed E-state index contributed by atoms with van der Waals surface area (Å²) in [5.74, 6) is 1.58. The van der Waals surface area contributed by atoms with E-state index in [4.69, 9.17) is 14.3 Å². The zero-order valence-electron chi connectivity index (χ0n) is 16.4. The van der Waals surface area contributed by atoms with Crippen LogP contribution in [-0.4, -0.2) is 21.2 Å². The molecule has 2 aromatic carbocycles. The fourth-order valence-corrected chi connectivity index (χ4v) is 4.49. The van der Waals surface area contributed by atoms with E-state index in [0.29, 0.717) is 0 Å². The molecule has 0 amide bonds. The molecular weight excluding hydrogens is 378 g/mol. The van der Waals surface area contributed by atoms with E-state index in [-0.39, 0.29) is 11.9 Å². The number of nitrogens with zero attached hydrogens (tertiary/aromatic N) is 3. The lowest BCUT2D eigenvalue weighted by atomic mass is 9.97. The van der Waals surface area contributed by atoms with Crippen LogP contribution in [0.5, 0.6) is 5.75 Å². The van der Waals surface area contributed by atoms with Crippen molar-refractivity contribution in [2.75, 3.05) is 0 Å². The van der Waals surface area contributed by atoms with Crippen LogP contribution < -0.4 is 4.74 Å². The second-order valence-corrected chi connectivity index (χ2v) is 7.62. The molecule has 6 nitrogen and oxygen atoms in total. The van der Waals surface area contributed by atoms with Gasteiger partial charge in [0.05, 0.1) is 17.8 Å². The fourth-order valence-electron chi connectivity index (χ4n) is 4.49. The van der Waals surface area contributed by atoms with Crippen molar-refractivity contribution < 1.29 is 13.9 Å². The Labute approximate surface area is 173 Å². The maximum atomic E-state index is 12.3. The zero-order chi connectivity index (χ0) is 20.2. The van der Waals surface area contributed by atoms with Gasteiger partial charge >= 0.3 is 0 Å². The summed E-state index contributed by atoms with van der Waals surface area (Å²) in [7, 11) is 0. The zero-order valence-corrected chi connectivity index (χ0v) is 16.4. The van der Waals surface area contributed by atoms with Crippen LogP contribution in [-0.2, 0) is 0 Å². The van der Waals surface area contributed by atoms with Crippen LogP contribution in [0.1, 0.15) is 47.3 Å². The lowest BCUT2D eigenvalue weighted by molar-refractivity contribution is -0.0181. The average molecular weight is 397 g/mol. The van der Waals surface area contributed by atoms with E-state index < -0.39 is 6.23 Å². The molecule has 30 heavy (non-hydrogen) atoms. The van der Waals surface area contributed by atoms with E-state index in [1.54, 1.807) is 17.8 Å². The number of furan rings is 1. The van der Waals surface area contributed by atoms with Crippen molar-refractivity contribution in [1.82, 2.24) is 9.58 Å². The highest BCUT2D eigenvalue weighted by Gasteiger charge is 2.42. The molecular formula is C24H19N3O3. The summed E-state index contributed by atoms with van der Waals surface area (Å²) >= 11 is 0. The first-order valence-electron chi connectivity index (χ1n) is 9.97. The van der Waals surface area contributed by atoms with Gasteiger partial charge in [-0.25, -0.2) is 5.01 Å². The first kappa shape index (κ1) is 17.1. The molecule has 0 saturated carbocycles. The number of para-hydroxylation sites is 2. The number of hydrogen-bond donors (Lipinski definition) is 0. The quantitative estimate of drug-likeness (QED) is 0.470. The number of fused-ring (bicyclic) bond motifs is 4. The standard InChI is InChI=1S/C24H19N3O3/c1-15(28)26-14-18(16-7-2-4-9-20(16)26)24-27-21(17-8-3-5-10-22(17)30-24)13-19(25-27)23-11-6-12-29-23/h2-12,14,21,24H,13H2,1H3. The Morgan fingerprint density at radius 1 is 1.03 bits per heavy atom. The summed E-state index contributed by atoms with van der Waals surface area (Å²) in [4.78, 5) is 12.3. The van der Waals surface area contributed by atoms with Crippen molar-refractivity contribution in [2.45, 2.75) is 25.6 Å². The van der Waals surface area contributed by atoms with Crippen LogP contribution in [0.15, 0.2) is 82.6 Å². The molecule has 2 aliphatic rings. The van der Waals surface area contributed by atoms with Gasteiger partial charge in [0.2, 0.25) is 12.1 Å². The van der Waals surface area contributed by atoms with Crippen molar-refractivity contribution in [3.8, 4) is 5.75 Å². The normalized spacial score (nSPS) is 19.9. The molecule has 2 atom stereocenters. The summed E-state index contributed by atoms with van der Waals surface area (Å²) in [6.45, 7) is 1.57. The highest BCUT2D eigenvalue weighted by Crippen LogP contribution is 2.48. The molecule has 2 unspecified atom stereocenters. The highest BCUT2D eigenvalue weighted by molar-refractivity contribution is 5.99. The van der Waals surface area contributed by atoms with Crippen molar-refractivity contribution >= 4 is 22.5 Å². The van der Waals surface area contributed by atoms with Gasteiger partial charge in [-0.2, -0.15) is 5.10 Å². The van der Waals surface area contributed by atoms with Gasteiger partial charge in [0.15, 0.2) is 0 Å². The van der Waals surface area contributed by atoms with Crippen molar-refractivity contribution in [3.05, 3.63) is 90.0 Å². The Balaban J connectivity index is 1.54. The molecule has 0 N–H and O–H groups in total. The third-order valence-electron chi connectivity index (χ3n) is 5.85. The molecule has 6 heteroatoms. The van der Waals surface area contributed by atoms with Crippen LogP contribution in [0.4, 0.5) is 0 Å². The lowest BCUT2D eigenvalue weighted by Gasteiger charge is -2.37. The van der Waals surface area contributed by atoms with Gasteiger partial charge in [-0.05, 0) is 24.3 Å². The van der Waals surface area contributed by atoms with Gasteiger partial charge in [-0.3, -0.25) is 9.36 Å². The van der Waals surface area contributed by atoms with Crippen LogP contribution in [0.3, 0.4) is 0 Å². The van der Waals surface area contributed by atoms with Crippen LogP contribution in [0, 0.1) is 0 Å². The lowest BCUT2D eigenvalue weighted by Crippen LogP contribution is -2.33. The first-order valence-corrected chi connectivity index (χ1v) is 9.97. The maximum absolute atomic E-state index is 12.3. The number of rotatable bonds is 2. The van der Waals surface area contributed by atoms with Gasteiger partial charge in [0.1, 0.15) is 17.2 Å². The van der Waals surface area contributed by atoms with Crippen molar-refractivity contribution in [2.24, 2.45) is 5.10 Å². The Kier molecular flexibility index (Phi) is 3.62. The molecule has 2 aliphatic heterocycles. The number of hydrogen-bond acceptors (Lipinski definition) is 5. The van der Waals surface area contributed by atoms with Crippen LogP contribution in [0.2, 0.25) is 0 Å². The second-order valence-electron chi connectivity index (χ2n) is 7.62. The molecule has 148 valence electrons. The number of hydrazone groups is 1. The summed E-state index contributed by atoms with van der Waals surface area (Å²) < 4.78 is 13.8. The van der Waals surface area contributed by atoms with Crippen molar-refractivity contribution in [1.29, 1.82) is 0 Å². The largest absolute Gasteiger partial charge is 0.464 e. The molecule has 2 aromatic heterocycles. The predicted molar refractivity (Wildman–Crippen MR) is 112 cm³/mol. The third-order valence-corrected chi connectivity index (χ3v) is 5.85. The topological polar surface area (TPSA) is 60.0 Å². The molecule has 0 spiro atoms. The van der Waals surface area contributed by atoms with Gasteiger partial charge in [-0.1, -0.05) is 36.4 Å². The molecule has 0 fully saturated rings. The highest BCUT2D eigenvalue weighted by atomic mass is 16.5. The summed E-state index contributed by atoms with van der Waals surface area (Å²) in [5.41, 5.74) is 3.79. The Morgan fingerprint density at radius 3 is 2.70 bits per heavy atom.